The van der Waals surface area contributed by atoms with Gasteiger partial charge < -0.3 is 9.80 Å². The van der Waals surface area contributed by atoms with Crippen molar-refractivity contribution < 1.29 is 9.59 Å². The fourth-order valence-electron chi connectivity index (χ4n) is 4.19. The number of carbonyl (C=O) groups excluding carboxylic acids is 2. The molecule has 0 aliphatic carbocycles. The predicted molar refractivity (Wildman–Crippen MR) is 119 cm³/mol. The summed E-state index contributed by atoms with van der Waals surface area (Å²) in [6.07, 6.45) is 6.53. The van der Waals surface area contributed by atoms with Crippen molar-refractivity contribution in [2.24, 2.45) is 0 Å². The van der Waals surface area contributed by atoms with Gasteiger partial charge in [-0.25, -0.2) is 0 Å². The lowest BCUT2D eigenvalue weighted by Crippen LogP contribution is -2.54. The fourth-order valence-corrected chi connectivity index (χ4v) is 5.57. The molecule has 2 aromatic rings. The van der Waals surface area contributed by atoms with Crippen LogP contribution in [-0.4, -0.2) is 76.5 Å². The number of hydrogen-bond donors (Lipinski definition) is 0. The van der Waals surface area contributed by atoms with Gasteiger partial charge in [0.25, 0.3) is 0 Å². The van der Waals surface area contributed by atoms with Crippen molar-refractivity contribution in [2.75, 3.05) is 38.5 Å². The van der Waals surface area contributed by atoms with E-state index < -0.39 is 0 Å². The minimum atomic E-state index is -0.387. The zero-order valence-electron chi connectivity index (χ0n) is 17.1. The first-order chi connectivity index (χ1) is 14.8. The lowest BCUT2D eigenvalue weighted by atomic mass is 10.1. The van der Waals surface area contributed by atoms with Gasteiger partial charge in [-0.3, -0.25) is 19.5 Å². The molecule has 2 aliphatic rings. The Morgan fingerprint density at radius 2 is 1.90 bits per heavy atom. The molecule has 30 heavy (non-hydrogen) atoms. The molecule has 3 heterocycles. The van der Waals surface area contributed by atoms with E-state index in [4.69, 9.17) is 0 Å². The van der Waals surface area contributed by atoms with Crippen LogP contribution in [0.5, 0.6) is 0 Å². The number of rotatable bonds is 7. The lowest BCUT2D eigenvalue weighted by molar-refractivity contribution is -0.141. The van der Waals surface area contributed by atoms with Gasteiger partial charge >= 0.3 is 0 Å². The molecule has 0 saturated carbocycles. The maximum atomic E-state index is 13.1. The highest BCUT2D eigenvalue weighted by Crippen LogP contribution is 2.40. The number of benzene rings is 1. The number of nitrogens with zero attached hydrogens (tertiary/aromatic N) is 4. The zero-order valence-corrected chi connectivity index (χ0v) is 17.9. The van der Waals surface area contributed by atoms with Crippen molar-refractivity contribution in [3.05, 3.63) is 66.0 Å². The topological polar surface area (TPSA) is 56.8 Å². The summed E-state index contributed by atoms with van der Waals surface area (Å²) in [7, 11) is 0. The maximum absolute atomic E-state index is 13.1. The van der Waals surface area contributed by atoms with Crippen molar-refractivity contribution >= 4 is 24.1 Å². The molecule has 0 bridgehead atoms. The highest BCUT2D eigenvalue weighted by molar-refractivity contribution is 7.99. The number of piperazine rings is 1. The maximum Gasteiger partial charge on any atom is 0.246 e. The van der Waals surface area contributed by atoms with Gasteiger partial charge in [0.1, 0.15) is 11.4 Å². The molecular weight excluding hydrogens is 396 g/mol. The van der Waals surface area contributed by atoms with E-state index in [1.165, 1.54) is 5.56 Å². The summed E-state index contributed by atoms with van der Waals surface area (Å²) in [5.74, 6) is 0.707. The van der Waals surface area contributed by atoms with E-state index in [9.17, 15) is 9.59 Å². The van der Waals surface area contributed by atoms with Crippen molar-refractivity contribution in [3.8, 4) is 0 Å². The van der Waals surface area contributed by atoms with Gasteiger partial charge in [0.2, 0.25) is 12.3 Å². The average molecular weight is 425 g/mol. The molecule has 0 N–H and O–H groups in total. The van der Waals surface area contributed by atoms with Crippen LogP contribution in [0.4, 0.5) is 0 Å². The van der Waals surface area contributed by atoms with Crippen LogP contribution in [0.25, 0.3) is 0 Å². The summed E-state index contributed by atoms with van der Waals surface area (Å²) in [5, 5.41) is -0.135. The van der Waals surface area contributed by atoms with Crippen LogP contribution in [0, 0.1) is 0 Å². The third-order valence-corrected chi connectivity index (χ3v) is 7.23. The summed E-state index contributed by atoms with van der Waals surface area (Å²) in [6.45, 7) is 4.31. The van der Waals surface area contributed by atoms with E-state index in [-0.39, 0.29) is 17.3 Å². The first kappa shape index (κ1) is 20.9. The standard InChI is InChI=1S/C23H28N4O2S/c28-18-27-21(17-30-23(27)20-9-4-10-24-16-20)22(29)26-14-12-25(13-15-26)11-5-8-19-6-2-1-3-7-19/h1-4,6-7,9-10,16,18,21,23H,5,8,11-15,17H2. The highest BCUT2D eigenvalue weighted by atomic mass is 32.2. The minimum Gasteiger partial charge on any atom is -0.338 e. The quantitative estimate of drug-likeness (QED) is 0.639. The van der Waals surface area contributed by atoms with Crippen LogP contribution in [0.2, 0.25) is 0 Å². The Morgan fingerprint density at radius 1 is 1.10 bits per heavy atom. The Labute approximate surface area is 182 Å². The molecule has 2 fully saturated rings. The van der Waals surface area contributed by atoms with Gasteiger partial charge in [-0.1, -0.05) is 36.4 Å². The van der Waals surface area contributed by atoms with E-state index in [1.54, 1.807) is 29.1 Å². The first-order valence-corrected chi connectivity index (χ1v) is 11.6. The highest BCUT2D eigenvalue weighted by Gasteiger charge is 2.40. The molecule has 4 rings (SSSR count). The summed E-state index contributed by atoms with van der Waals surface area (Å²) in [6, 6.07) is 14.0. The SMILES string of the molecule is O=CN1C(C(=O)N2CCN(CCCc3ccccc3)CC2)CSC1c1cccnc1. The van der Waals surface area contributed by atoms with E-state index in [0.29, 0.717) is 5.75 Å². The van der Waals surface area contributed by atoms with Crippen molar-refractivity contribution in [1.29, 1.82) is 0 Å². The predicted octanol–water partition coefficient (Wildman–Crippen LogP) is 2.43. The van der Waals surface area contributed by atoms with Crippen LogP contribution < -0.4 is 0 Å². The number of carbonyl (C=O) groups is 2. The number of amides is 2. The number of aromatic nitrogens is 1. The Morgan fingerprint density at radius 3 is 2.60 bits per heavy atom. The first-order valence-electron chi connectivity index (χ1n) is 10.6. The second-order valence-electron chi connectivity index (χ2n) is 7.80. The summed E-state index contributed by atoms with van der Waals surface area (Å²) in [4.78, 5) is 35.1. The molecule has 7 heteroatoms. The largest absolute Gasteiger partial charge is 0.338 e. The number of hydrogen-bond acceptors (Lipinski definition) is 5. The molecule has 1 aromatic carbocycles. The van der Waals surface area contributed by atoms with Gasteiger partial charge in [-0.2, -0.15) is 0 Å². The second-order valence-corrected chi connectivity index (χ2v) is 8.91. The molecule has 2 atom stereocenters. The lowest BCUT2D eigenvalue weighted by Gasteiger charge is -2.37. The Hall–Kier alpha value is -2.38. The molecular formula is C23H28N4O2S. The normalized spacial score (nSPS) is 22.3. The molecule has 6 nitrogen and oxygen atoms in total. The van der Waals surface area contributed by atoms with Crippen molar-refractivity contribution in [2.45, 2.75) is 24.3 Å². The van der Waals surface area contributed by atoms with Crippen LogP contribution in [0.3, 0.4) is 0 Å². The number of thioether (sulfide) groups is 1. The Bertz CT molecular complexity index is 828. The zero-order chi connectivity index (χ0) is 20.8. The Balaban J connectivity index is 1.26. The molecule has 2 aliphatic heterocycles. The van der Waals surface area contributed by atoms with Gasteiger partial charge in [-0.15, -0.1) is 11.8 Å². The summed E-state index contributed by atoms with van der Waals surface area (Å²) >= 11 is 1.63. The van der Waals surface area contributed by atoms with E-state index in [1.807, 2.05) is 23.1 Å². The van der Waals surface area contributed by atoms with Gasteiger partial charge in [-0.05, 0) is 31.0 Å². The fraction of sp³-hybridized carbons (Fsp3) is 0.435. The Kier molecular flexibility index (Phi) is 7.02. The monoisotopic (exact) mass is 424 g/mol. The van der Waals surface area contributed by atoms with Crippen molar-refractivity contribution in [1.82, 2.24) is 19.7 Å². The smallest absolute Gasteiger partial charge is 0.246 e. The van der Waals surface area contributed by atoms with E-state index in [0.717, 1.165) is 57.5 Å². The molecule has 2 saturated heterocycles. The van der Waals surface area contributed by atoms with E-state index >= 15 is 0 Å². The number of pyridine rings is 1. The third-order valence-electron chi connectivity index (χ3n) is 5.89. The van der Waals surface area contributed by atoms with Crippen LogP contribution in [0.1, 0.15) is 22.9 Å². The van der Waals surface area contributed by atoms with Crippen molar-refractivity contribution in [3.63, 3.8) is 0 Å². The average Bonchev–Trinajstić information content (AvgIpc) is 3.24. The molecule has 0 radical (unpaired) electrons. The molecule has 1 aromatic heterocycles. The molecule has 0 spiro atoms. The summed E-state index contributed by atoms with van der Waals surface area (Å²) in [5.41, 5.74) is 2.34. The summed E-state index contributed by atoms with van der Waals surface area (Å²) < 4.78 is 0. The third kappa shape index (κ3) is 4.84. The van der Waals surface area contributed by atoms with E-state index in [2.05, 4.69) is 34.1 Å². The van der Waals surface area contributed by atoms with Gasteiger partial charge in [0.15, 0.2) is 0 Å². The van der Waals surface area contributed by atoms with Gasteiger partial charge in [0.05, 0.1) is 0 Å². The molecule has 2 amide bonds. The van der Waals surface area contributed by atoms with Crippen LogP contribution >= 0.6 is 11.8 Å². The molecule has 158 valence electrons. The second kappa shape index (κ2) is 10.1. The van der Waals surface area contributed by atoms with Crippen LogP contribution in [-0.2, 0) is 16.0 Å². The van der Waals surface area contributed by atoms with Crippen LogP contribution in [0.15, 0.2) is 54.9 Å². The molecule has 2 unspecified atom stereocenters. The van der Waals surface area contributed by atoms with Gasteiger partial charge in [0, 0.05) is 49.9 Å². The minimum absolute atomic E-state index is 0.0740. The number of aryl methyl sites for hydroxylation is 1.